The first-order chi connectivity index (χ1) is 14.1. The van der Waals surface area contributed by atoms with Crippen molar-refractivity contribution in [1.82, 2.24) is 10.3 Å². The molecule has 8 heteroatoms. The number of hydrogen-bond acceptors (Lipinski definition) is 5. The minimum atomic E-state index is -4.38. The summed E-state index contributed by atoms with van der Waals surface area (Å²) in [7, 11) is 0. The zero-order chi connectivity index (χ0) is 21.5. The van der Waals surface area contributed by atoms with Gasteiger partial charge in [0.05, 0.1) is 23.8 Å². The first-order valence-corrected chi connectivity index (χ1v) is 10.4. The maximum absolute atomic E-state index is 13.1. The molecule has 1 fully saturated rings. The molecule has 1 aromatic carbocycles. The number of fused-ring (bicyclic) bond motifs is 1. The van der Waals surface area contributed by atoms with Crippen LogP contribution in [-0.4, -0.2) is 40.0 Å². The van der Waals surface area contributed by atoms with E-state index in [1.807, 2.05) is 26.0 Å². The second kappa shape index (κ2) is 7.72. The van der Waals surface area contributed by atoms with Crippen LogP contribution in [0.1, 0.15) is 56.7 Å². The maximum atomic E-state index is 13.1. The molecule has 0 radical (unpaired) electrons. The topological polar surface area (TPSA) is 60.2 Å². The van der Waals surface area contributed by atoms with Crippen LogP contribution >= 0.6 is 0 Å². The maximum Gasteiger partial charge on any atom is 0.416 e. The van der Waals surface area contributed by atoms with Gasteiger partial charge in [-0.3, -0.25) is 4.99 Å². The average Bonchev–Trinajstić information content (AvgIpc) is 3.10. The van der Waals surface area contributed by atoms with E-state index in [4.69, 9.17) is 0 Å². The molecule has 4 rings (SSSR count). The van der Waals surface area contributed by atoms with E-state index in [1.165, 1.54) is 12.1 Å². The largest absolute Gasteiger partial charge is 0.416 e. The Morgan fingerprint density at radius 3 is 2.50 bits per heavy atom. The highest BCUT2D eigenvalue weighted by molar-refractivity contribution is 6.06. The molecule has 1 aromatic rings. The number of benzene rings is 1. The van der Waals surface area contributed by atoms with Gasteiger partial charge in [-0.05, 0) is 75.3 Å². The minimum absolute atomic E-state index is 0.264. The molecule has 1 unspecified atom stereocenters. The second-order valence-electron chi connectivity index (χ2n) is 8.85. The summed E-state index contributed by atoms with van der Waals surface area (Å²) in [6.45, 7) is 4.09. The van der Waals surface area contributed by atoms with Crippen molar-refractivity contribution in [2.45, 2.75) is 63.4 Å². The van der Waals surface area contributed by atoms with E-state index < -0.39 is 17.3 Å². The fraction of sp³-hybridized carbons (Fsp3) is 0.545. The van der Waals surface area contributed by atoms with Crippen LogP contribution in [0, 0.1) is 5.92 Å². The summed E-state index contributed by atoms with van der Waals surface area (Å²) in [5.74, 6) is 1.65. The normalized spacial score (nSPS) is 26.9. The number of nitrogens with one attached hydrogen (secondary N) is 1. The van der Waals surface area contributed by atoms with Crippen molar-refractivity contribution in [3.05, 3.63) is 47.5 Å². The van der Waals surface area contributed by atoms with E-state index in [9.17, 15) is 18.3 Å². The van der Waals surface area contributed by atoms with Gasteiger partial charge in [-0.2, -0.15) is 18.3 Å². The molecule has 0 saturated heterocycles. The highest BCUT2D eigenvalue weighted by Gasteiger charge is 2.35. The van der Waals surface area contributed by atoms with Crippen molar-refractivity contribution >= 4 is 11.7 Å². The van der Waals surface area contributed by atoms with Crippen LogP contribution < -0.4 is 5.32 Å². The third-order valence-electron chi connectivity index (χ3n) is 6.24. The Labute approximate surface area is 174 Å². The van der Waals surface area contributed by atoms with Gasteiger partial charge in [-0.25, -0.2) is 5.01 Å². The fourth-order valence-electron chi connectivity index (χ4n) is 4.44. The van der Waals surface area contributed by atoms with E-state index in [0.29, 0.717) is 29.7 Å². The predicted octanol–water partition coefficient (Wildman–Crippen LogP) is 4.26. The molecule has 0 spiro atoms. The molecule has 1 atom stereocenters. The third kappa shape index (κ3) is 4.38. The smallest absolute Gasteiger partial charge is 0.390 e. The molecule has 2 aliphatic heterocycles. The van der Waals surface area contributed by atoms with E-state index in [1.54, 1.807) is 11.1 Å². The van der Waals surface area contributed by atoms with Crippen LogP contribution in [-0.2, 0) is 6.18 Å². The Morgan fingerprint density at radius 1 is 1.10 bits per heavy atom. The molecule has 2 heterocycles. The van der Waals surface area contributed by atoms with Crippen LogP contribution in [0.25, 0.3) is 0 Å². The number of rotatable bonds is 3. The molecule has 162 valence electrons. The summed E-state index contributed by atoms with van der Waals surface area (Å²) in [5.41, 5.74) is -0.772. The number of hydrogen-bond donors (Lipinski definition) is 2. The predicted molar refractivity (Wildman–Crippen MR) is 110 cm³/mol. The average molecular weight is 420 g/mol. The Morgan fingerprint density at radius 2 is 1.83 bits per heavy atom. The molecule has 0 aromatic heterocycles. The molecule has 5 nitrogen and oxygen atoms in total. The van der Waals surface area contributed by atoms with Gasteiger partial charge in [-0.1, -0.05) is 12.1 Å². The molecule has 0 amide bonds. The van der Waals surface area contributed by atoms with E-state index >= 15 is 0 Å². The van der Waals surface area contributed by atoms with Crippen LogP contribution in [0.4, 0.5) is 13.2 Å². The zero-order valence-corrected chi connectivity index (χ0v) is 17.2. The van der Waals surface area contributed by atoms with Crippen LogP contribution in [0.15, 0.2) is 46.5 Å². The van der Waals surface area contributed by atoms with Crippen LogP contribution in [0.3, 0.4) is 0 Å². The number of aliphatic imine (C=N–C) groups is 1. The number of amidine groups is 2. The quantitative estimate of drug-likeness (QED) is 0.768. The van der Waals surface area contributed by atoms with Gasteiger partial charge in [0.2, 0.25) is 0 Å². The lowest BCUT2D eigenvalue weighted by atomic mass is 9.77. The van der Waals surface area contributed by atoms with Crippen molar-refractivity contribution in [3.63, 3.8) is 0 Å². The number of aliphatic hydroxyl groups is 1. The second-order valence-corrected chi connectivity index (χ2v) is 8.85. The van der Waals surface area contributed by atoms with Crippen molar-refractivity contribution in [2.75, 3.05) is 6.54 Å². The summed E-state index contributed by atoms with van der Waals surface area (Å²) in [6, 6.07) is 5.30. The van der Waals surface area contributed by atoms with Crippen molar-refractivity contribution in [2.24, 2.45) is 16.0 Å². The number of hydrazone groups is 1. The summed E-state index contributed by atoms with van der Waals surface area (Å²) < 4.78 is 39.3. The number of halogens is 3. The standard InChI is InChI=1S/C22H27F3N4O/c1-21(2,30)15-6-8-17(9-7-15)27-19-10-11-20-26-13-18(29(20)28-19)14-4-3-5-16(12-14)22(23,24)25/h3-5,10-12,15,17-18,30H,6-9,13H2,1-2H3,(H,27,28)/t15-,17-,18?. The molecule has 3 aliphatic rings. The molecule has 30 heavy (non-hydrogen) atoms. The first kappa shape index (κ1) is 20.9. The van der Waals surface area contributed by atoms with Crippen LogP contribution in [0.5, 0.6) is 0 Å². The number of alkyl halides is 3. The lowest BCUT2D eigenvalue weighted by Crippen LogP contribution is -2.43. The Bertz CT molecular complexity index is 877. The summed E-state index contributed by atoms with van der Waals surface area (Å²) in [5, 5.41) is 20.0. The third-order valence-corrected chi connectivity index (χ3v) is 6.24. The summed E-state index contributed by atoms with van der Waals surface area (Å²) in [6.07, 6.45) is 3.12. The summed E-state index contributed by atoms with van der Waals surface area (Å²) >= 11 is 0. The Hall–Kier alpha value is -2.35. The van der Waals surface area contributed by atoms with Gasteiger partial charge in [0.1, 0.15) is 11.7 Å². The highest BCUT2D eigenvalue weighted by Crippen LogP contribution is 2.35. The van der Waals surface area contributed by atoms with Gasteiger partial charge in [-0.15, -0.1) is 0 Å². The molecular weight excluding hydrogens is 393 g/mol. The van der Waals surface area contributed by atoms with Gasteiger partial charge in [0, 0.05) is 6.04 Å². The Kier molecular flexibility index (Phi) is 5.38. The van der Waals surface area contributed by atoms with Gasteiger partial charge >= 0.3 is 6.18 Å². The van der Waals surface area contributed by atoms with Crippen molar-refractivity contribution in [1.29, 1.82) is 0 Å². The lowest BCUT2D eigenvalue weighted by Gasteiger charge is -2.36. The van der Waals surface area contributed by atoms with Crippen LogP contribution in [0.2, 0.25) is 0 Å². The fourth-order valence-corrected chi connectivity index (χ4v) is 4.44. The SMILES string of the molecule is CC(C)(O)[C@H]1CC[C@H](NC2=NN3C(=NCC3c3cccc(C(F)(F)F)c3)C=C2)CC1. The van der Waals surface area contributed by atoms with E-state index in [0.717, 1.165) is 31.7 Å². The van der Waals surface area contributed by atoms with Crippen molar-refractivity contribution < 1.29 is 18.3 Å². The van der Waals surface area contributed by atoms with Gasteiger partial charge in [0.15, 0.2) is 0 Å². The molecule has 1 saturated carbocycles. The molecule has 0 bridgehead atoms. The molecular formula is C22H27F3N4O. The molecule has 2 N–H and O–H groups in total. The van der Waals surface area contributed by atoms with Crippen molar-refractivity contribution in [3.8, 4) is 0 Å². The first-order valence-electron chi connectivity index (χ1n) is 10.4. The molecule has 1 aliphatic carbocycles. The Balaban J connectivity index is 1.45. The zero-order valence-electron chi connectivity index (χ0n) is 17.2. The number of nitrogens with zero attached hydrogens (tertiary/aromatic N) is 3. The summed E-state index contributed by atoms with van der Waals surface area (Å²) in [4.78, 5) is 4.44. The van der Waals surface area contributed by atoms with Gasteiger partial charge < -0.3 is 10.4 Å². The highest BCUT2D eigenvalue weighted by atomic mass is 19.4. The lowest BCUT2D eigenvalue weighted by molar-refractivity contribution is -0.137. The van der Waals surface area contributed by atoms with Gasteiger partial charge in [0.25, 0.3) is 0 Å². The monoisotopic (exact) mass is 420 g/mol. The van der Waals surface area contributed by atoms with E-state index in [-0.39, 0.29) is 12.1 Å². The minimum Gasteiger partial charge on any atom is -0.390 e. The van der Waals surface area contributed by atoms with E-state index in [2.05, 4.69) is 15.4 Å².